The third-order valence-corrected chi connectivity index (χ3v) is 3.76. The van der Waals surface area contributed by atoms with Crippen molar-refractivity contribution in [3.8, 4) is 0 Å². The standard InChI is InChI=1S/C15H16N4O6/c16-10-3-6-19(15(23)18-10)13-12(21)11(20)9(25-13)7-24-14(22)8-1-4-17-5-2-8/h1-6,9,11-13,20-21H,7H2,(H2,16,18,23)/t9-,11-,12-,13-/m1/s1. The van der Waals surface area contributed by atoms with E-state index < -0.39 is 36.2 Å². The third-order valence-electron chi connectivity index (χ3n) is 3.76. The number of aromatic nitrogens is 3. The van der Waals surface area contributed by atoms with E-state index in [1.165, 1.54) is 36.8 Å². The van der Waals surface area contributed by atoms with Crippen molar-refractivity contribution in [2.24, 2.45) is 0 Å². The molecule has 4 atom stereocenters. The second-order valence-corrected chi connectivity index (χ2v) is 5.42. The minimum atomic E-state index is -1.40. The maximum atomic E-state index is 11.9. The lowest BCUT2D eigenvalue weighted by Crippen LogP contribution is -2.36. The molecule has 0 amide bonds. The summed E-state index contributed by atoms with van der Waals surface area (Å²) in [7, 11) is 0. The van der Waals surface area contributed by atoms with Gasteiger partial charge in [-0.15, -0.1) is 0 Å². The van der Waals surface area contributed by atoms with Crippen LogP contribution < -0.4 is 11.4 Å². The molecule has 132 valence electrons. The van der Waals surface area contributed by atoms with Crippen molar-refractivity contribution < 1.29 is 24.5 Å². The van der Waals surface area contributed by atoms with E-state index in [4.69, 9.17) is 15.2 Å². The number of nitrogens with zero attached hydrogens (tertiary/aromatic N) is 3. The minimum Gasteiger partial charge on any atom is -0.459 e. The summed E-state index contributed by atoms with van der Waals surface area (Å²) >= 11 is 0. The lowest BCUT2D eigenvalue weighted by Gasteiger charge is -2.16. The highest BCUT2D eigenvalue weighted by Gasteiger charge is 2.44. The maximum absolute atomic E-state index is 11.9. The Morgan fingerprint density at radius 3 is 2.68 bits per heavy atom. The van der Waals surface area contributed by atoms with Gasteiger partial charge in [0.05, 0.1) is 5.56 Å². The number of aliphatic hydroxyl groups excluding tert-OH is 2. The summed E-state index contributed by atoms with van der Waals surface area (Å²) in [5.41, 5.74) is 4.97. The summed E-state index contributed by atoms with van der Waals surface area (Å²) in [5.74, 6) is -0.598. The summed E-state index contributed by atoms with van der Waals surface area (Å²) in [6, 6.07) is 4.32. The second-order valence-electron chi connectivity index (χ2n) is 5.42. The van der Waals surface area contributed by atoms with Gasteiger partial charge in [0.1, 0.15) is 30.7 Å². The number of carbonyl (C=O) groups is 1. The van der Waals surface area contributed by atoms with Crippen LogP contribution in [0.1, 0.15) is 16.6 Å². The molecule has 3 rings (SSSR count). The fourth-order valence-electron chi connectivity index (χ4n) is 2.45. The summed E-state index contributed by atoms with van der Waals surface area (Å²) in [5, 5.41) is 20.2. The van der Waals surface area contributed by atoms with Crippen LogP contribution in [0.4, 0.5) is 5.82 Å². The highest BCUT2D eigenvalue weighted by atomic mass is 16.6. The van der Waals surface area contributed by atoms with Gasteiger partial charge >= 0.3 is 11.7 Å². The predicted molar refractivity (Wildman–Crippen MR) is 83.4 cm³/mol. The molecule has 1 fully saturated rings. The number of ether oxygens (including phenoxy) is 2. The molecule has 10 heteroatoms. The van der Waals surface area contributed by atoms with Crippen LogP contribution in [0.3, 0.4) is 0 Å². The van der Waals surface area contributed by atoms with Gasteiger partial charge in [-0.2, -0.15) is 4.98 Å². The van der Waals surface area contributed by atoms with Crippen molar-refractivity contribution in [2.75, 3.05) is 12.3 Å². The smallest absolute Gasteiger partial charge is 0.351 e. The number of aliphatic hydroxyl groups is 2. The van der Waals surface area contributed by atoms with Crippen LogP contribution in [0, 0.1) is 0 Å². The number of hydrogen-bond acceptors (Lipinski definition) is 9. The van der Waals surface area contributed by atoms with Crippen molar-refractivity contribution in [2.45, 2.75) is 24.5 Å². The van der Waals surface area contributed by atoms with Gasteiger partial charge in [-0.3, -0.25) is 9.55 Å². The summed E-state index contributed by atoms with van der Waals surface area (Å²) in [4.78, 5) is 31.1. The Labute approximate surface area is 141 Å². The molecule has 1 aliphatic rings. The Kier molecular flexibility index (Phi) is 4.74. The molecular weight excluding hydrogens is 332 g/mol. The number of hydrogen-bond donors (Lipinski definition) is 3. The van der Waals surface area contributed by atoms with E-state index in [1.807, 2.05) is 0 Å². The van der Waals surface area contributed by atoms with Crippen LogP contribution in [0.5, 0.6) is 0 Å². The van der Waals surface area contributed by atoms with Crippen molar-refractivity contribution in [1.82, 2.24) is 14.5 Å². The number of anilines is 1. The fraction of sp³-hybridized carbons (Fsp3) is 0.333. The molecule has 1 aliphatic heterocycles. The first kappa shape index (κ1) is 17.0. The quantitative estimate of drug-likeness (QED) is 0.573. The zero-order valence-corrected chi connectivity index (χ0v) is 12.9. The number of pyridine rings is 1. The highest BCUT2D eigenvalue weighted by molar-refractivity contribution is 5.89. The summed E-state index contributed by atoms with van der Waals surface area (Å²) < 4.78 is 11.6. The van der Waals surface area contributed by atoms with Gasteiger partial charge in [-0.05, 0) is 18.2 Å². The van der Waals surface area contributed by atoms with Crippen molar-refractivity contribution >= 4 is 11.8 Å². The minimum absolute atomic E-state index is 0.0251. The average Bonchev–Trinajstić information content (AvgIpc) is 2.89. The molecule has 0 saturated carbocycles. The Morgan fingerprint density at radius 1 is 1.28 bits per heavy atom. The highest BCUT2D eigenvalue weighted by Crippen LogP contribution is 2.28. The van der Waals surface area contributed by atoms with E-state index in [2.05, 4.69) is 9.97 Å². The molecule has 0 radical (unpaired) electrons. The molecular formula is C15H16N4O6. The largest absolute Gasteiger partial charge is 0.459 e. The van der Waals surface area contributed by atoms with Crippen molar-refractivity contribution in [3.05, 3.63) is 52.8 Å². The number of nitrogens with two attached hydrogens (primary N) is 1. The average molecular weight is 348 g/mol. The molecule has 3 heterocycles. The summed E-state index contributed by atoms with van der Waals surface area (Å²) in [6.45, 7) is -0.299. The summed E-state index contributed by atoms with van der Waals surface area (Å²) in [6.07, 6.45) is -0.727. The first-order valence-electron chi connectivity index (χ1n) is 7.41. The van der Waals surface area contributed by atoms with Gasteiger partial charge in [-0.25, -0.2) is 9.59 Å². The molecule has 0 unspecified atom stereocenters. The molecule has 2 aromatic rings. The number of rotatable bonds is 4. The van der Waals surface area contributed by atoms with Gasteiger partial charge in [0.25, 0.3) is 0 Å². The molecule has 0 bridgehead atoms. The maximum Gasteiger partial charge on any atom is 0.351 e. The fourth-order valence-corrected chi connectivity index (χ4v) is 2.45. The molecule has 2 aromatic heterocycles. The second kappa shape index (κ2) is 6.97. The molecule has 0 aromatic carbocycles. The van der Waals surface area contributed by atoms with Crippen LogP contribution in [-0.4, -0.2) is 55.6 Å². The third kappa shape index (κ3) is 3.50. The normalized spacial score (nSPS) is 25.7. The number of esters is 1. The van der Waals surface area contributed by atoms with E-state index >= 15 is 0 Å². The number of carbonyl (C=O) groups excluding carboxylic acids is 1. The van der Waals surface area contributed by atoms with Gasteiger partial charge < -0.3 is 25.4 Å². The lowest BCUT2D eigenvalue weighted by atomic mass is 10.1. The van der Waals surface area contributed by atoms with E-state index in [0.29, 0.717) is 5.56 Å². The zero-order chi connectivity index (χ0) is 18.0. The molecule has 0 aliphatic carbocycles. The van der Waals surface area contributed by atoms with E-state index in [-0.39, 0.29) is 12.4 Å². The Balaban J connectivity index is 1.68. The van der Waals surface area contributed by atoms with E-state index in [0.717, 1.165) is 4.57 Å². The van der Waals surface area contributed by atoms with E-state index in [1.54, 1.807) is 0 Å². The number of nitrogen functional groups attached to an aromatic ring is 1. The van der Waals surface area contributed by atoms with E-state index in [9.17, 15) is 19.8 Å². The molecule has 1 saturated heterocycles. The SMILES string of the molecule is Nc1ccn([C@@H]2O[C@H](COC(=O)c3ccncc3)[C@@H](O)[C@H]2O)c(=O)n1. The van der Waals surface area contributed by atoms with Gasteiger partial charge in [0.15, 0.2) is 6.23 Å². The van der Waals surface area contributed by atoms with Crippen molar-refractivity contribution in [1.29, 1.82) is 0 Å². The monoisotopic (exact) mass is 348 g/mol. The Morgan fingerprint density at radius 2 is 2.00 bits per heavy atom. The first-order valence-corrected chi connectivity index (χ1v) is 7.41. The van der Waals surface area contributed by atoms with Crippen molar-refractivity contribution in [3.63, 3.8) is 0 Å². The first-order chi connectivity index (χ1) is 12.0. The van der Waals surface area contributed by atoms with Gasteiger partial charge in [0.2, 0.25) is 0 Å². The Bertz CT molecular complexity index is 811. The van der Waals surface area contributed by atoms with Crippen LogP contribution in [-0.2, 0) is 9.47 Å². The lowest BCUT2D eigenvalue weighted by molar-refractivity contribution is -0.0598. The van der Waals surface area contributed by atoms with Gasteiger partial charge in [-0.1, -0.05) is 0 Å². The van der Waals surface area contributed by atoms with Crippen LogP contribution in [0.25, 0.3) is 0 Å². The zero-order valence-electron chi connectivity index (χ0n) is 12.9. The topological polar surface area (TPSA) is 150 Å². The van der Waals surface area contributed by atoms with Gasteiger partial charge in [0, 0.05) is 18.6 Å². The van der Waals surface area contributed by atoms with Crippen LogP contribution >= 0.6 is 0 Å². The van der Waals surface area contributed by atoms with Crippen LogP contribution in [0.2, 0.25) is 0 Å². The molecule has 0 spiro atoms. The molecule has 4 N–H and O–H groups in total. The molecule has 10 nitrogen and oxygen atoms in total. The predicted octanol–water partition coefficient (Wildman–Crippen LogP) is -1.30. The molecule has 25 heavy (non-hydrogen) atoms. The van der Waals surface area contributed by atoms with Crippen LogP contribution in [0.15, 0.2) is 41.6 Å². The Hall–Kier alpha value is -2.82.